The van der Waals surface area contributed by atoms with Gasteiger partial charge < -0.3 is 5.32 Å². The molecule has 0 unspecified atom stereocenters. The lowest BCUT2D eigenvalue weighted by atomic mass is 10.1. The van der Waals surface area contributed by atoms with Gasteiger partial charge in [-0.15, -0.1) is 0 Å². The first-order valence-electron chi connectivity index (χ1n) is 7.86. The Bertz CT molecular complexity index is 817. The number of hydrogen-bond acceptors (Lipinski definition) is 3. The van der Waals surface area contributed by atoms with E-state index in [2.05, 4.69) is 10.0 Å². The highest BCUT2D eigenvalue weighted by Gasteiger charge is 2.16. The third-order valence-electron chi connectivity index (χ3n) is 3.49. The summed E-state index contributed by atoms with van der Waals surface area (Å²) in [6.07, 6.45) is 0.821. The molecule has 0 fully saturated rings. The molecule has 2 N–H and O–H groups in total. The predicted molar refractivity (Wildman–Crippen MR) is 94.3 cm³/mol. The van der Waals surface area contributed by atoms with E-state index in [4.69, 9.17) is 0 Å². The molecule has 0 aromatic heterocycles. The molecule has 5 nitrogen and oxygen atoms in total. The van der Waals surface area contributed by atoms with E-state index in [1.807, 2.05) is 38.1 Å². The van der Waals surface area contributed by atoms with Gasteiger partial charge in [0.25, 0.3) is 5.91 Å². The molecule has 2 rings (SSSR count). The van der Waals surface area contributed by atoms with Crippen LogP contribution in [-0.2, 0) is 16.6 Å². The number of amides is 1. The molecule has 0 heterocycles. The molecule has 1 amide bonds. The number of benzene rings is 2. The fraction of sp³-hybridized carbons (Fsp3) is 0.278. The van der Waals surface area contributed by atoms with Gasteiger partial charge in [0.05, 0.1) is 4.90 Å². The van der Waals surface area contributed by atoms with Crippen molar-refractivity contribution in [3.8, 4) is 0 Å². The fourth-order valence-corrected chi connectivity index (χ4v) is 3.29. The quantitative estimate of drug-likeness (QED) is 0.809. The highest BCUT2D eigenvalue weighted by Crippen LogP contribution is 2.13. The largest absolute Gasteiger partial charge is 0.352 e. The zero-order chi connectivity index (χ0) is 17.6. The van der Waals surface area contributed by atoms with Crippen LogP contribution in [0.25, 0.3) is 0 Å². The maximum absolute atomic E-state index is 12.4. The lowest BCUT2D eigenvalue weighted by molar-refractivity contribution is 0.0953. The Hall–Kier alpha value is -2.18. The summed E-state index contributed by atoms with van der Waals surface area (Å²) in [6.45, 7) is 4.67. The van der Waals surface area contributed by atoms with Crippen LogP contribution >= 0.6 is 0 Å². The summed E-state index contributed by atoms with van der Waals surface area (Å²) in [5.41, 5.74) is 2.29. The van der Waals surface area contributed by atoms with Gasteiger partial charge in [-0.05, 0) is 37.1 Å². The van der Waals surface area contributed by atoms with Gasteiger partial charge in [0.2, 0.25) is 10.0 Å². The van der Waals surface area contributed by atoms with Crippen LogP contribution in [0.1, 0.15) is 34.8 Å². The number of sulfonamides is 1. The molecule has 0 spiro atoms. The van der Waals surface area contributed by atoms with Crippen molar-refractivity contribution in [2.24, 2.45) is 0 Å². The molecule has 0 aliphatic heterocycles. The zero-order valence-electron chi connectivity index (χ0n) is 13.9. The summed E-state index contributed by atoms with van der Waals surface area (Å²) in [5.74, 6) is -0.271. The van der Waals surface area contributed by atoms with Crippen LogP contribution in [0.3, 0.4) is 0 Å². The molecular formula is C18H22N2O3S. The van der Waals surface area contributed by atoms with Crippen LogP contribution in [0, 0.1) is 6.92 Å². The lowest BCUT2D eigenvalue weighted by Gasteiger charge is -2.09. The molecule has 0 radical (unpaired) electrons. The smallest absolute Gasteiger partial charge is 0.251 e. The van der Waals surface area contributed by atoms with Crippen LogP contribution in [0.2, 0.25) is 0 Å². The van der Waals surface area contributed by atoms with Gasteiger partial charge in [0, 0.05) is 18.7 Å². The van der Waals surface area contributed by atoms with Crippen molar-refractivity contribution < 1.29 is 13.2 Å². The summed E-state index contributed by atoms with van der Waals surface area (Å²) < 4.78 is 27.4. The van der Waals surface area contributed by atoms with Crippen LogP contribution in [0.15, 0.2) is 53.4 Å². The Morgan fingerprint density at radius 1 is 1.08 bits per heavy atom. The van der Waals surface area contributed by atoms with Gasteiger partial charge in [-0.2, -0.15) is 0 Å². The highest BCUT2D eigenvalue weighted by molar-refractivity contribution is 7.89. The molecule has 2 aromatic carbocycles. The van der Waals surface area contributed by atoms with Gasteiger partial charge in [-0.25, -0.2) is 13.1 Å². The molecule has 0 saturated heterocycles. The summed E-state index contributed by atoms with van der Waals surface area (Å²) in [4.78, 5) is 12.1. The van der Waals surface area contributed by atoms with Crippen LogP contribution in [0.4, 0.5) is 0 Å². The topological polar surface area (TPSA) is 75.3 Å². The molecule has 0 saturated carbocycles. The van der Waals surface area contributed by atoms with Crippen molar-refractivity contribution >= 4 is 15.9 Å². The van der Waals surface area contributed by atoms with E-state index in [1.165, 1.54) is 12.1 Å². The zero-order valence-corrected chi connectivity index (χ0v) is 14.7. The Balaban J connectivity index is 2.12. The maximum Gasteiger partial charge on any atom is 0.251 e. The Labute approximate surface area is 143 Å². The highest BCUT2D eigenvalue weighted by atomic mass is 32.2. The molecule has 2 aromatic rings. The average Bonchev–Trinajstić information content (AvgIpc) is 2.58. The number of hydrogen-bond donors (Lipinski definition) is 2. The third-order valence-corrected chi connectivity index (χ3v) is 4.89. The molecule has 128 valence electrons. The predicted octanol–water partition coefficient (Wildman–Crippen LogP) is 2.61. The number of carbonyl (C=O) groups excluding carboxylic acids is 1. The van der Waals surface area contributed by atoms with Crippen molar-refractivity contribution in [1.29, 1.82) is 0 Å². The van der Waals surface area contributed by atoms with E-state index >= 15 is 0 Å². The van der Waals surface area contributed by atoms with Gasteiger partial charge in [0.1, 0.15) is 0 Å². The van der Waals surface area contributed by atoms with E-state index in [-0.39, 0.29) is 17.3 Å². The van der Waals surface area contributed by atoms with E-state index in [0.717, 1.165) is 17.5 Å². The first kappa shape index (κ1) is 18.2. The average molecular weight is 346 g/mol. The van der Waals surface area contributed by atoms with Crippen molar-refractivity contribution in [1.82, 2.24) is 10.0 Å². The minimum Gasteiger partial charge on any atom is -0.352 e. The first-order valence-corrected chi connectivity index (χ1v) is 9.34. The molecule has 0 aliphatic carbocycles. The SMILES string of the molecule is CCCNC(=O)c1cccc(S(=O)(=O)NCc2cccc(C)c2)c1. The van der Waals surface area contributed by atoms with Gasteiger partial charge in [0.15, 0.2) is 0 Å². The normalized spacial score (nSPS) is 11.2. The monoisotopic (exact) mass is 346 g/mol. The van der Waals surface area contributed by atoms with E-state index in [9.17, 15) is 13.2 Å². The van der Waals surface area contributed by atoms with Crippen molar-refractivity contribution in [3.63, 3.8) is 0 Å². The minimum atomic E-state index is -3.68. The van der Waals surface area contributed by atoms with Gasteiger partial charge in [-0.1, -0.05) is 42.8 Å². The maximum atomic E-state index is 12.4. The van der Waals surface area contributed by atoms with Gasteiger partial charge in [-0.3, -0.25) is 4.79 Å². The van der Waals surface area contributed by atoms with Crippen LogP contribution in [-0.4, -0.2) is 20.9 Å². The number of carbonyl (C=O) groups is 1. The summed E-state index contributed by atoms with van der Waals surface area (Å²) >= 11 is 0. The second-order valence-electron chi connectivity index (χ2n) is 5.60. The number of nitrogens with one attached hydrogen (secondary N) is 2. The molecule has 0 atom stereocenters. The van der Waals surface area contributed by atoms with Crippen LogP contribution < -0.4 is 10.0 Å². The molecule has 0 aliphatic rings. The van der Waals surface area contributed by atoms with Crippen LogP contribution in [0.5, 0.6) is 0 Å². The second kappa shape index (κ2) is 8.08. The van der Waals surface area contributed by atoms with Crippen molar-refractivity contribution in [3.05, 3.63) is 65.2 Å². The van der Waals surface area contributed by atoms with Crippen molar-refractivity contribution in [2.45, 2.75) is 31.7 Å². The summed E-state index contributed by atoms with van der Waals surface area (Å²) in [7, 11) is -3.68. The summed E-state index contributed by atoms with van der Waals surface area (Å²) in [6, 6.07) is 13.7. The van der Waals surface area contributed by atoms with Gasteiger partial charge >= 0.3 is 0 Å². The number of aryl methyl sites for hydroxylation is 1. The molecule has 6 heteroatoms. The minimum absolute atomic E-state index is 0.0827. The standard InChI is InChI=1S/C18H22N2O3S/c1-3-10-19-18(21)16-8-5-9-17(12-16)24(22,23)20-13-15-7-4-6-14(2)11-15/h4-9,11-12,20H,3,10,13H2,1-2H3,(H,19,21). The van der Waals surface area contributed by atoms with Crippen molar-refractivity contribution in [2.75, 3.05) is 6.54 Å². The number of rotatable bonds is 7. The summed E-state index contributed by atoms with van der Waals surface area (Å²) in [5, 5.41) is 2.74. The Morgan fingerprint density at radius 2 is 1.83 bits per heavy atom. The first-order chi connectivity index (χ1) is 11.4. The van der Waals surface area contributed by atoms with E-state index in [1.54, 1.807) is 12.1 Å². The molecule has 0 bridgehead atoms. The fourth-order valence-electron chi connectivity index (χ4n) is 2.23. The molecular weight excluding hydrogens is 324 g/mol. The second-order valence-corrected chi connectivity index (χ2v) is 7.36. The Morgan fingerprint density at radius 3 is 2.54 bits per heavy atom. The Kier molecular flexibility index (Phi) is 6.11. The van der Waals surface area contributed by atoms with E-state index in [0.29, 0.717) is 12.1 Å². The third kappa shape index (κ3) is 4.91. The lowest BCUT2D eigenvalue weighted by Crippen LogP contribution is -2.26. The molecule has 24 heavy (non-hydrogen) atoms. The van der Waals surface area contributed by atoms with E-state index < -0.39 is 10.0 Å².